The summed E-state index contributed by atoms with van der Waals surface area (Å²) in [6.07, 6.45) is 2.07. The fourth-order valence-corrected chi connectivity index (χ4v) is 2.44. The van der Waals surface area contributed by atoms with Crippen LogP contribution in [0.1, 0.15) is 46.1 Å². The Bertz CT molecular complexity index is 406. The van der Waals surface area contributed by atoms with E-state index in [1.54, 1.807) is 12.1 Å². The van der Waals surface area contributed by atoms with Crippen molar-refractivity contribution in [1.82, 2.24) is 5.32 Å². The topological polar surface area (TPSA) is 12.0 Å². The Labute approximate surface area is 116 Å². The van der Waals surface area contributed by atoms with E-state index in [4.69, 9.17) is 0 Å². The Kier molecular flexibility index (Phi) is 5.74. The third kappa shape index (κ3) is 4.46. The van der Waals surface area contributed by atoms with Crippen molar-refractivity contribution in [2.45, 2.75) is 52.0 Å². The first-order valence-electron chi connectivity index (χ1n) is 7.01. The molecule has 1 aromatic rings. The lowest BCUT2D eigenvalue weighted by molar-refractivity contribution is 0.327. The van der Waals surface area contributed by atoms with E-state index in [9.17, 15) is 4.39 Å². The van der Waals surface area contributed by atoms with Crippen LogP contribution in [0, 0.1) is 5.82 Å². The van der Waals surface area contributed by atoms with Crippen LogP contribution in [0.25, 0.3) is 0 Å². The molecular weight excluding hydrogens is 237 g/mol. The molecule has 0 aliphatic rings. The van der Waals surface area contributed by atoms with Gasteiger partial charge < -0.3 is 5.32 Å². The SMILES string of the molecule is C=C(C)CCC(NCC)C(C)(C)c1ccc(F)cc1. The number of likely N-dealkylation sites (N-methyl/N-ethyl adjacent to an activating group) is 1. The van der Waals surface area contributed by atoms with Crippen LogP contribution in [-0.2, 0) is 5.41 Å². The van der Waals surface area contributed by atoms with Gasteiger partial charge in [-0.05, 0) is 44.0 Å². The number of halogens is 1. The number of allylic oxidation sites excluding steroid dienone is 1. The smallest absolute Gasteiger partial charge is 0.123 e. The lowest BCUT2D eigenvalue weighted by Gasteiger charge is -2.36. The summed E-state index contributed by atoms with van der Waals surface area (Å²) in [6, 6.07) is 7.22. The van der Waals surface area contributed by atoms with E-state index in [0.717, 1.165) is 19.4 Å². The highest BCUT2D eigenvalue weighted by molar-refractivity contribution is 5.26. The second kappa shape index (κ2) is 6.85. The molecule has 1 rings (SSSR count). The number of hydrogen-bond donors (Lipinski definition) is 1. The van der Waals surface area contributed by atoms with Gasteiger partial charge in [-0.15, -0.1) is 6.58 Å². The summed E-state index contributed by atoms with van der Waals surface area (Å²) in [5.74, 6) is -0.179. The highest BCUT2D eigenvalue weighted by Gasteiger charge is 2.30. The Balaban J connectivity index is 2.90. The summed E-state index contributed by atoms with van der Waals surface area (Å²) in [6.45, 7) is 13.5. The molecule has 1 unspecified atom stereocenters. The maximum Gasteiger partial charge on any atom is 0.123 e. The van der Waals surface area contributed by atoms with Crippen LogP contribution in [-0.4, -0.2) is 12.6 Å². The zero-order valence-electron chi connectivity index (χ0n) is 12.6. The molecule has 0 saturated heterocycles. The Morgan fingerprint density at radius 2 is 1.89 bits per heavy atom. The molecule has 0 amide bonds. The minimum atomic E-state index is -0.179. The van der Waals surface area contributed by atoms with Crippen molar-refractivity contribution in [3.8, 4) is 0 Å². The fraction of sp³-hybridized carbons (Fsp3) is 0.529. The molecule has 0 aliphatic carbocycles. The standard InChI is InChI=1S/C17H26FN/c1-6-19-16(12-7-13(2)3)17(4,5)14-8-10-15(18)11-9-14/h8-11,16,19H,2,6-7,12H2,1,3-5H3. The van der Waals surface area contributed by atoms with E-state index >= 15 is 0 Å². The average molecular weight is 263 g/mol. The van der Waals surface area contributed by atoms with Gasteiger partial charge in [-0.2, -0.15) is 0 Å². The molecule has 0 bridgehead atoms. The second-order valence-electron chi connectivity index (χ2n) is 5.83. The second-order valence-corrected chi connectivity index (χ2v) is 5.83. The minimum Gasteiger partial charge on any atom is -0.313 e. The largest absolute Gasteiger partial charge is 0.313 e. The summed E-state index contributed by atoms with van der Waals surface area (Å²) in [7, 11) is 0. The van der Waals surface area contributed by atoms with E-state index in [0.29, 0.717) is 6.04 Å². The Hall–Kier alpha value is -1.15. The first-order chi connectivity index (χ1) is 8.87. The molecule has 106 valence electrons. The third-order valence-corrected chi connectivity index (χ3v) is 3.77. The summed E-state index contributed by atoms with van der Waals surface area (Å²) >= 11 is 0. The monoisotopic (exact) mass is 263 g/mol. The zero-order chi connectivity index (χ0) is 14.5. The lowest BCUT2D eigenvalue weighted by Crippen LogP contribution is -2.44. The van der Waals surface area contributed by atoms with Crippen molar-refractivity contribution < 1.29 is 4.39 Å². The van der Waals surface area contributed by atoms with Gasteiger partial charge in [-0.3, -0.25) is 0 Å². The van der Waals surface area contributed by atoms with Crippen molar-refractivity contribution in [1.29, 1.82) is 0 Å². The lowest BCUT2D eigenvalue weighted by atomic mass is 9.75. The Morgan fingerprint density at radius 3 is 2.37 bits per heavy atom. The minimum absolute atomic E-state index is 0.0286. The molecular formula is C17H26FN. The van der Waals surface area contributed by atoms with E-state index in [2.05, 4.69) is 39.6 Å². The zero-order valence-corrected chi connectivity index (χ0v) is 12.6. The van der Waals surface area contributed by atoms with Gasteiger partial charge >= 0.3 is 0 Å². The number of nitrogens with one attached hydrogen (secondary N) is 1. The first-order valence-corrected chi connectivity index (χ1v) is 7.01. The highest BCUT2D eigenvalue weighted by Crippen LogP contribution is 2.30. The molecule has 0 aromatic heterocycles. The van der Waals surface area contributed by atoms with Crippen LogP contribution in [0.5, 0.6) is 0 Å². The molecule has 0 heterocycles. The summed E-state index contributed by atoms with van der Waals surface area (Å²) < 4.78 is 13.1. The van der Waals surface area contributed by atoms with Crippen LogP contribution in [0.2, 0.25) is 0 Å². The number of benzene rings is 1. The predicted octanol–water partition coefficient (Wildman–Crippen LogP) is 4.44. The maximum atomic E-state index is 13.1. The molecule has 0 saturated carbocycles. The molecule has 0 radical (unpaired) electrons. The van der Waals surface area contributed by atoms with E-state index in [1.807, 2.05) is 12.1 Å². The van der Waals surface area contributed by atoms with Crippen molar-refractivity contribution in [3.05, 3.63) is 47.8 Å². The molecule has 1 aromatic carbocycles. The number of rotatable bonds is 7. The third-order valence-electron chi connectivity index (χ3n) is 3.77. The summed E-state index contributed by atoms with van der Waals surface area (Å²) in [4.78, 5) is 0. The summed E-state index contributed by atoms with van der Waals surface area (Å²) in [5, 5.41) is 3.56. The highest BCUT2D eigenvalue weighted by atomic mass is 19.1. The molecule has 1 N–H and O–H groups in total. The average Bonchev–Trinajstić information content (AvgIpc) is 2.34. The van der Waals surface area contributed by atoms with Crippen LogP contribution in [0.15, 0.2) is 36.4 Å². The van der Waals surface area contributed by atoms with Crippen LogP contribution >= 0.6 is 0 Å². The number of hydrogen-bond acceptors (Lipinski definition) is 1. The van der Waals surface area contributed by atoms with Crippen molar-refractivity contribution in [3.63, 3.8) is 0 Å². The molecule has 0 spiro atoms. The van der Waals surface area contributed by atoms with Gasteiger partial charge in [0.05, 0.1) is 0 Å². The predicted molar refractivity (Wildman–Crippen MR) is 80.9 cm³/mol. The maximum absolute atomic E-state index is 13.1. The van der Waals surface area contributed by atoms with E-state index in [1.165, 1.54) is 11.1 Å². The summed E-state index contributed by atoms with van der Waals surface area (Å²) in [5.41, 5.74) is 2.35. The Morgan fingerprint density at radius 1 is 1.32 bits per heavy atom. The van der Waals surface area contributed by atoms with Gasteiger partial charge in [-0.1, -0.05) is 38.5 Å². The van der Waals surface area contributed by atoms with E-state index < -0.39 is 0 Å². The van der Waals surface area contributed by atoms with Gasteiger partial charge in [-0.25, -0.2) is 4.39 Å². The quantitative estimate of drug-likeness (QED) is 0.717. The van der Waals surface area contributed by atoms with Gasteiger partial charge in [0.1, 0.15) is 5.82 Å². The molecule has 2 heteroatoms. The molecule has 1 atom stereocenters. The molecule has 19 heavy (non-hydrogen) atoms. The van der Waals surface area contributed by atoms with Gasteiger partial charge in [0.15, 0.2) is 0 Å². The van der Waals surface area contributed by atoms with Crippen LogP contribution < -0.4 is 5.32 Å². The van der Waals surface area contributed by atoms with Gasteiger partial charge in [0.2, 0.25) is 0 Å². The molecule has 0 aliphatic heterocycles. The first kappa shape index (κ1) is 15.9. The fourth-order valence-electron chi connectivity index (χ4n) is 2.44. The van der Waals surface area contributed by atoms with Crippen LogP contribution in [0.4, 0.5) is 4.39 Å². The molecule has 0 fully saturated rings. The van der Waals surface area contributed by atoms with Gasteiger partial charge in [0.25, 0.3) is 0 Å². The van der Waals surface area contributed by atoms with E-state index in [-0.39, 0.29) is 11.2 Å². The van der Waals surface area contributed by atoms with Crippen molar-refractivity contribution >= 4 is 0 Å². The van der Waals surface area contributed by atoms with Crippen molar-refractivity contribution in [2.75, 3.05) is 6.54 Å². The van der Waals surface area contributed by atoms with Crippen LogP contribution in [0.3, 0.4) is 0 Å². The normalized spacial score (nSPS) is 13.3. The molecule has 1 nitrogen and oxygen atoms in total. The van der Waals surface area contributed by atoms with Gasteiger partial charge in [0, 0.05) is 11.5 Å². The van der Waals surface area contributed by atoms with Crippen molar-refractivity contribution in [2.24, 2.45) is 0 Å².